The molecule has 0 bridgehead atoms. The van der Waals surface area contributed by atoms with E-state index in [1.165, 1.54) is 11.0 Å². The summed E-state index contributed by atoms with van der Waals surface area (Å²) in [6.07, 6.45) is 2.49. The molecular formula is C15H16N2O4. The van der Waals surface area contributed by atoms with Gasteiger partial charge in [-0.15, -0.1) is 0 Å². The molecule has 1 aliphatic rings. The van der Waals surface area contributed by atoms with Crippen molar-refractivity contribution in [1.29, 1.82) is 0 Å². The van der Waals surface area contributed by atoms with Crippen LogP contribution in [0.2, 0.25) is 0 Å². The van der Waals surface area contributed by atoms with Crippen molar-refractivity contribution in [1.82, 2.24) is 10.2 Å². The predicted octanol–water partition coefficient (Wildman–Crippen LogP) is 0.665. The standard InChI is InChI=1S/C15H16N2O4/c1-10-11(5-6-14(19)20)3-2-4-12(10)15(21)17-8-7-16-13(18)9-17/h2-6H,7-9H2,1H3,(H,16,18)(H,19,20). The molecule has 1 fully saturated rings. The van der Waals surface area contributed by atoms with Crippen LogP contribution in [0.15, 0.2) is 24.3 Å². The van der Waals surface area contributed by atoms with E-state index in [0.29, 0.717) is 29.8 Å². The van der Waals surface area contributed by atoms with E-state index in [-0.39, 0.29) is 18.4 Å². The number of benzene rings is 1. The van der Waals surface area contributed by atoms with Crippen LogP contribution in [0.25, 0.3) is 6.08 Å². The third-order valence-electron chi connectivity index (χ3n) is 3.34. The number of amides is 2. The van der Waals surface area contributed by atoms with Crippen LogP contribution in [-0.4, -0.2) is 47.4 Å². The summed E-state index contributed by atoms with van der Waals surface area (Å²) in [5.41, 5.74) is 1.85. The largest absolute Gasteiger partial charge is 0.478 e. The van der Waals surface area contributed by atoms with Crippen LogP contribution in [0.5, 0.6) is 0 Å². The SMILES string of the molecule is Cc1c(C=CC(=O)O)cccc1C(=O)N1CCNC(=O)C1. The zero-order valence-corrected chi connectivity index (χ0v) is 11.6. The summed E-state index contributed by atoms with van der Waals surface area (Å²) in [6, 6.07) is 5.13. The Bertz CT molecular complexity index is 622. The monoisotopic (exact) mass is 288 g/mol. The molecule has 0 radical (unpaired) electrons. The minimum atomic E-state index is -1.04. The van der Waals surface area contributed by atoms with Gasteiger partial charge < -0.3 is 15.3 Å². The summed E-state index contributed by atoms with van der Waals surface area (Å²) in [5.74, 6) is -1.43. The molecule has 1 aromatic carbocycles. The maximum Gasteiger partial charge on any atom is 0.328 e. The van der Waals surface area contributed by atoms with Gasteiger partial charge in [-0.3, -0.25) is 9.59 Å². The summed E-state index contributed by atoms with van der Waals surface area (Å²) in [4.78, 5) is 35.9. The third-order valence-corrected chi connectivity index (χ3v) is 3.34. The normalized spacial score (nSPS) is 15.1. The Balaban J connectivity index is 2.27. The van der Waals surface area contributed by atoms with Gasteiger partial charge in [-0.25, -0.2) is 4.79 Å². The van der Waals surface area contributed by atoms with Crippen molar-refractivity contribution in [3.63, 3.8) is 0 Å². The zero-order valence-electron chi connectivity index (χ0n) is 11.6. The fourth-order valence-corrected chi connectivity index (χ4v) is 2.21. The molecule has 1 saturated heterocycles. The lowest BCUT2D eigenvalue weighted by Crippen LogP contribution is -2.50. The summed E-state index contributed by atoms with van der Waals surface area (Å²) < 4.78 is 0. The van der Waals surface area contributed by atoms with Crippen LogP contribution in [-0.2, 0) is 9.59 Å². The first-order valence-corrected chi connectivity index (χ1v) is 6.55. The van der Waals surface area contributed by atoms with Crippen molar-refractivity contribution in [3.05, 3.63) is 41.0 Å². The highest BCUT2D eigenvalue weighted by Gasteiger charge is 2.23. The van der Waals surface area contributed by atoms with Crippen LogP contribution in [0.1, 0.15) is 21.5 Å². The second-order valence-electron chi connectivity index (χ2n) is 4.77. The Morgan fingerprint density at radius 2 is 2.14 bits per heavy atom. The van der Waals surface area contributed by atoms with Crippen LogP contribution in [0.4, 0.5) is 0 Å². The molecule has 2 N–H and O–H groups in total. The number of aliphatic carboxylic acids is 1. The lowest BCUT2D eigenvalue weighted by atomic mass is 10.0. The van der Waals surface area contributed by atoms with Gasteiger partial charge >= 0.3 is 5.97 Å². The topological polar surface area (TPSA) is 86.7 Å². The second-order valence-corrected chi connectivity index (χ2v) is 4.77. The van der Waals surface area contributed by atoms with Gasteiger partial charge in [0.05, 0.1) is 6.54 Å². The predicted molar refractivity (Wildman–Crippen MR) is 76.8 cm³/mol. The Labute approximate surface area is 122 Å². The number of carbonyl (C=O) groups is 3. The molecule has 21 heavy (non-hydrogen) atoms. The van der Waals surface area contributed by atoms with Crippen molar-refractivity contribution < 1.29 is 19.5 Å². The van der Waals surface area contributed by atoms with E-state index < -0.39 is 5.97 Å². The maximum atomic E-state index is 12.5. The number of hydrogen-bond donors (Lipinski definition) is 2. The summed E-state index contributed by atoms with van der Waals surface area (Å²) in [5, 5.41) is 11.3. The minimum absolute atomic E-state index is 0.0491. The van der Waals surface area contributed by atoms with Crippen LogP contribution in [0, 0.1) is 6.92 Å². The summed E-state index contributed by atoms with van der Waals surface area (Å²) >= 11 is 0. The average molecular weight is 288 g/mol. The van der Waals surface area contributed by atoms with Gasteiger partial charge in [-0.1, -0.05) is 12.1 Å². The van der Waals surface area contributed by atoms with Crippen molar-refractivity contribution in [2.75, 3.05) is 19.6 Å². The molecule has 2 rings (SSSR count). The first-order chi connectivity index (χ1) is 9.99. The number of hydrogen-bond acceptors (Lipinski definition) is 3. The molecule has 6 heteroatoms. The van der Waals surface area contributed by atoms with Crippen molar-refractivity contribution in [3.8, 4) is 0 Å². The molecule has 1 aromatic rings. The van der Waals surface area contributed by atoms with Crippen LogP contribution >= 0.6 is 0 Å². The Hall–Kier alpha value is -2.63. The van der Waals surface area contributed by atoms with E-state index in [1.807, 2.05) is 0 Å². The molecular weight excluding hydrogens is 272 g/mol. The number of carboxylic acids is 1. The molecule has 1 aliphatic heterocycles. The molecule has 1 heterocycles. The average Bonchev–Trinajstić information content (AvgIpc) is 2.45. The van der Waals surface area contributed by atoms with Crippen molar-refractivity contribution in [2.45, 2.75) is 6.92 Å². The Kier molecular flexibility index (Phi) is 4.37. The van der Waals surface area contributed by atoms with Gasteiger partial charge in [0, 0.05) is 24.7 Å². The highest BCUT2D eigenvalue weighted by molar-refractivity contribution is 5.99. The number of piperazine rings is 1. The van der Waals surface area contributed by atoms with Gasteiger partial charge in [0.2, 0.25) is 5.91 Å². The summed E-state index contributed by atoms with van der Waals surface area (Å²) in [7, 11) is 0. The number of nitrogens with zero attached hydrogens (tertiary/aromatic N) is 1. The van der Waals surface area contributed by atoms with Gasteiger partial charge in [0.15, 0.2) is 0 Å². The zero-order chi connectivity index (χ0) is 15.4. The second kappa shape index (κ2) is 6.21. The lowest BCUT2D eigenvalue weighted by molar-refractivity contribution is -0.131. The Morgan fingerprint density at radius 1 is 1.38 bits per heavy atom. The number of carbonyl (C=O) groups excluding carboxylic acids is 2. The first kappa shape index (κ1) is 14.8. The first-order valence-electron chi connectivity index (χ1n) is 6.55. The molecule has 0 aromatic heterocycles. The molecule has 2 amide bonds. The molecule has 110 valence electrons. The highest BCUT2D eigenvalue weighted by atomic mass is 16.4. The molecule has 0 unspecified atom stereocenters. The smallest absolute Gasteiger partial charge is 0.328 e. The lowest BCUT2D eigenvalue weighted by Gasteiger charge is -2.27. The van der Waals surface area contributed by atoms with E-state index in [4.69, 9.17) is 5.11 Å². The maximum absolute atomic E-state index is 12.5. The van der Waals surface area contributed by atoms with Gasteiger partial charge in [-0.2, -0.15) is 0 Å². The van der Waals surface area contributed by atoms with E-state index in [1.54, 1.807) is 25.1 Å². The fraction of sp³-hybridized carbons (Fsp3) is 0.267. The Morgan fingerprint density at radius 3 is 2.81 bits per heavy atom. The number of nitrogens with one attached hydrogen (secondary N) is 1. The minimum Gasteiger partial charge on any atom is -0.478 e. The summed E-state index contributed by atoms with van der Waals surface area (Å²) in [6.45, 7) is 2.73. The van der Waals surface area contributed by atoms with Crippen molar-refractivity contribution >= 4 is 23.9 Å². The van der Waals surface area contributed by atoms with Gasteiger partial charge in [0.1, 0.15) is 0 Å². The molecule has 0 spiro atoms. The quantitative estimate of drug-likeness (QED) is 0.800. The van der Waals surface area contributed by atoms with Gasteiger partial charge in [0.25, 0.3) is 5.91 Å². The van der Waals surface area contributed by atoms with E-state index >= 15 is 0 Å². The van der Waals surface area contributed by atoms with Crippen molar-refractivity contribution in [2.24, 2.45) is 0 Å². The highest BCUT2D eigenvalue weighted by Crippen LogP contribution is 2.17. The molecule has 6 nitrogen and oxygen atoms in total. The molecule has 0 atom stereocenters. The molecule has 0 aliphatic carbocycles. The van der Waals surface area contributed by atoms with Gasteiger partial charge in [-0.05, 0) is 30.2 Å². The fourth-order valence-electron chi connectivity index (χ4n) is 2.21. The van der Waals surface area contributed by atoms with E-state index in [2.05, 4.69) is 5.32 Å². The molecule has 0 saturated carbocycles. The number of carboxylic acid groups (broad SMARTS) is 1. The van der Waals surface area contributed by atoms with Crippen LogP contribution < -0.4 is 5.32 Å². The number of rotatable bonds is 3. The van der Waals surface area contributed by atoms with Crippen LogP contribution in [0.3, 0.4) is 0 Å². The van der Waals surface area contributed by atoms with E-state index in [9.17, 15) is 14.4 Å². The third kappa shape index (κ3) is 3.47. The van der Waals surface area contributed by atoms with E-state index in [0.717, 1.165) is 6.08 Å².